The van der Waals surface area contributed by atoms with E-state index in [1.807, 2.05) is 49.4 Å². The fraction of sp³-hybridized carbons (Fsp3) is 0.240. The predicted molar refractivity (Wildman–Crippen MR) is 115 cm³/mol. The lowest BCUT2D eigenvalue weighted by Gasteiger charge is -2.43. The van der Waals surface area contributed by atoms with Gasteiger partial charge in [-0.25, -0.2) is 4.39 Å². The normalized spacial score (nSPS) is 15.0. The first kappa shape index (κ1) is 20.6. The second-order valence-electron chi connectivity index (χ2n) is 6.89. The van der Waals surface area contributed by atoms with Crippen LogP contribution in [-0.4, -0.2) is 12.8 Å². The fourth-order valence-electron chi connectivity index (χ4n) is 3.20. The van der Waals surface area contributed by atoms with Crippen LogP contribution in [0.3, 0.4) is 0 Å². The van der Waals surface area contributed by atoms with Crippen LogP contribution in [0.5, 0.6) is 5.75 Å². The summed E-state index contributed by atoms with van der Waals surface area (Å²) >= 11 is 0. The minimum atomic E-state index is -0.194. The smallest absolute Gasteiger partial charge is 0.123 e. The summed E-state index contributed by atoms with van der Waals surface area (Å²) in [6.45, 7) is 3.39. The minimum Gasteiger partial charge on any atom is -0.489 e. The van der Waals surface area contributed by atoms with Gasteiger partial charge in [0.1, 0.15) is 24.5 Å². The van der Waals surface area contributed by atoms with E-state index >= 15 is 0 Å². The quantitative estimate of drug-likeness (QED) is 0.486. The molecule has 4 heteroatoms. The van der Waals surface area contributed by atoms with Gasteiger partial charge >= 0.3 is 0 Å². The summed E-state index contributed by atoms with van der Waals surface area (Å²) in [6, 6.07) is 25.5. The minimum absolute atomic E-state index is 0.194. The van der Waals surface area contributed by atoms with Crippen LogP contribution in [0.25, 0.3) is 0 Å². The number of ether oxygens (including phenoxy) is 1. The van der Waals surface area contributed by atoms with Crippen molar-refractivity contribution < 1.29 is 13.9 Å². The number of hydrogen-bond donors (Lipinski definition) is 0. The Balaban J connectivity index is 0.000000552. The SMILES string of the molecule is CCC=O.Fc1ccc(N2CC[C@H]2c2ccc(OCc3ccccc3)cc2)cc1. The number of anilines is 1. The zero-order chi connectivity index (χ0) is 20.5. The van der Waals surface area contributed by atoms with Crippen LogP contribution in [0.1, 0.15) is 36.9 Å². The maximum absolute atomic E-state index is 13.1. The average Bonchev–Trinajstić information content (AvgIpc) is 2.75. The van der Waals surface area contributed by atoms with E-state index in [1.54, 1.807) is 0 Å². The highest BCUT2D eigenvalue weighted by molar-refractivity contribution is 5.52. The first-order chi connectivity index (χ1) is 14.2. The lowest BCUT2D eigenvalue weighted by molar-refractivity contribution is -0.107. The van der Waals surface area contributed by atoms with Crippen LogP contribution >= 0.6 is 0 Å². The Morgan fingerprint density at radius 3 is 2.21 bits per heavy atom. The lowest BCUT2D eigenvalue weighted by atomic mass is 9.94. The number of carbonyl (C=O) groups is 1. The third-order valence-electron chi connectivity index (χ3n) is 4.86. The van der Waals surface area contributed by atoms with Crippen molar-refractivity contribution in [1.82, 2.24) is 0 Å². The summed E-state index contributed by atoms with van der Waals surface area (Å²) in [7, 11) is 0. The van der Waals surface area contributed by atoms with Gasteiger partial charge in [0.05, 0.1) is 6.04 Å². The highest BCUT2D eigenvalue weighted by Gasteiger charge is 2.29. The molecule has 0 unspecified atom stereocenters. The summed E-state index contributed by atoms with van der Waals surface area (Å²) in [5.41, 5.74) is 3.50. The van der Waals surface area contributed by atoms with Crippen molar-refractivity contribution in [2.75, 3.05) is 11.4 Å². The largest absolute Gasteiger partial charge is 0.489 e. The van der Waals surface area contributed by atoms with Crippen LogP contribution in [0.4, 0.5) is 10.1 Å². The standard InChI is InChI=1S/C22H20FNO.C3H6O/c23-19-8-10-20(11-9-19)24-15-14-22(24)18-6-12-21(13-7-18)25-16-17-4-2-1-3-5-17;1-2-3-4/h1-13,22H,14-16H2;3H,2H2,1H3/t22-;/m0./s1. The number of aldehydes is 1. The van der Waals surface area contributed by atoms with Crippen LogP contribution in [0, 0.1) is 5.82 Å². The Labute approximate surface area is 171 Å². The lowest BCUT2D eigenvalue weighted by Crippen LogP contribution is -2.40. The van der Waals surface area contributed by atoms with Crippen molar-refractivity contribution in [3.63, 3.8) is 0 Å². The highest BCUT2D eigenvalue weighted by Crippen LogP contribution is 2.38. The van der Waals surface area contributed by atoms with Gasteiger partial charge in [-0.3, -0.25) is 0 Å². The van der Waals surface area contributed by atoms with Gasteiger partial charge in [0.2, 0.25) is 0 Å². The molecule has 0 bridgehead atoms. The molecule has 0 amide bonds. The molecule has 150 valence electrons. The first-order valence-electron chi connectivity index (χ1n) is 9.93. The van der Waals surface area contributed by atoms with Crippen LogP contribution < -0.4 is 9.64 Å². The Morgan fingerprint density at radius 1 is 1.00 bits per heavy atom. The maximum Gasteiger partial charge on any atom is 0.123 e. The molecule has 4 rings (SSSR count). The molecular weight excluding hydrogens is 365 g/mol. The van der Waals surface area contributed by atoms with E-state index in [2.05, 4.69) is 29.2 Å². The van der Waals surface area contributed by atoms with E-state index < -0.39 is 0 Å². The van der Waals surface area contributed by atoms with Gasteiger partial charge in [-0.15, -0.1) is 0 Å². The second-order valence-corrected chi connectivity index (χ2v) is 6.89. The number of rotatable bonds is 6. The van der Waals surface area contributed by atoms with Crippen molar-refractivity contribution in [2.45, 2.75) is 32.4 Å². The average molecular weight is 391 g/mol. The van der Waals surface area contributed by atoms with Gasteiger partial charge in [-0.1, -0.05) is 49.4 Å². The van der Waals surface area contributed by atoms with Gasteiger partial charge in [0.15, 0.2) is 0 Å². The van der Waals surface area contributed by atoms with Crippen LogP contribution in [0.2, 0.25) is 0 Å². The number of halogens is 1. The molecule has 0 saturated carbocycles. The maximum atomic E-state index is 13.1. The molecule has 0 radical (unpaired) electrons. The zero-order valence-electron chi connectivity index (χ0n) is 16.6. The summed E-state index contributed by atoms with van der Waals surface area (Å²) in [6.07, 6.45) is 2.63. The summed E-state index contributed by atoms with van der Waals surface area (Å²) < 4.78 is 18.9. The van der Waals surface area contributed by atoms with E-state index in [0.717, 1.165) is 36.3 Å². The molecule has 1 saturated heterocycles. The van der Waals surface area contributed by atoms with Crippen molar-refractivity contribution in [2.24, 2.45) is 0 Å². The Morgan fingerprint density at radius 2 is 1.66 bits per heavy atom. The number of hydrogen-bond acceptors (Lipinski definition) is 3. The monoisotopic (exact) mass is 391 g/mol. The molecule has 29 heavy (non-hydrogen) atoms. The molecule has 1 aliphatic rings. The zero-order valence-corrected chi connectivity index (χ0v) is 16.6. The van der Waals surface area contributed by atoms with E-state index in [-0.39, 0.29) is 5.82 Å². The third kappa shape index (κ3) is 5.67. The topological polar surface area (TPSA) is 29.5 Å². The molecule has 3 nitrogen and oxygen atoms in total. The molecule has 1 fully saturated rings. The van der Waals surface area contributed by atoms with Gasteiger partial charge in [0, 0.05) is 18.7 Å². The Hall–Kier alpha value is -3.14. The summed E-state index contributed by atoms with van der Waals surface area (Å²) in [5, 5.41) is 0. The predicted octanol–water partition coefficient (Wildman–Crippen LogP) is 5.95. The fourth-order valence-corrected chi connectivity index (χ4v) is 3.20. The van der Waals surface area contributed by atoms with Crippen molar-refractivity contribution in [3.05, 3.63) is 95.8 Å². The van der Waals surface area contributed by atoms with Gasteiger partial charge < -0.3 is 14.4 Å². The van der Waals surface area contributed by atoms with E-state index in [0.29, 0.717) is 19.1 Å². The molecule has 0 N–H and O–H groups in total. The van der Waals surface area contributed by atoms with Crippen LogP contribution in [-0.2, 0) is 11.4 Å². The van der Waals surface area contributed by atoms with Crippen LogP contribution in [0.15, 0.2) is 78.9 Å². The molecule has 3 aromatic carbocycles. The molecule has 0 aromatic heterocycles. The molecule has 1 aliphatic heterocycles. The molecule has 0 spiro atoms. The van der Waals surface area contributed by atoms with Gasteiger partial charge in [0.25, 0.3) is 0 Å². The second kappa shape index (κ2) is 10.4. The number of carbonyl (C=O) groups excluding carboxylic acids is 1. The summed E-state index contributed by atoms with van der Waals surface area (Å²) in [5.74, 6) is 0.681. The molecule has 0 aliphatic carbocycles. The van der Waals surface area contributed by atoms with E-state index in [4.69, 9.17) is 4.74 Å². The Bertz CT molecular complexity index is 879. The first-order valence-corrected chi connectivity index (χ1v) is 9.93. The Kier molecular flexibility index (Phi) is 7.40. The van der Waals surface area contributed by atoms with Gasteiger partial charge in [-0.05, 0) is 53.9 Å². The summed E-state index contributed by atoms with van der Waals surface area (Å²) in [4.78, 5) is 11.5. The molecule has 3 aromatic rings. The molecular formula is C25H26FNO2. The molecule has 1 atom stereocenters. The molecule has 1 heterocycles. The van der Waals surface area contributed by atoms with Crippen molar-refractivity contribution in [3.8, 4) is 5.75 Å². The van der Waals surface area contributed by atoms with Crippen molar-refractivity contribution in [1.29, 1.82) is 0 Å². The van der Waals surface area contributed by atoms with E-state index in [9.17, 15) is 9.18 Å². The van der Waals surface area contributed by atoms with Gasteiger partial charge in [-0.2, -0.15) is 0 Å². The third-order valence-corrected chi connectivity index (χ3v) is 4.86. The van der Waals surface area contributed by atoms with Crippen molar-refractivity contribution >= 4 is 12.0 Å². The number of nitrogens with zero attached hydrogens (tertiary/aromatic N) is 1. The highest BCUT2D eigenvalue weighted by atomic mass is 19.1. The van der Waals surface area contributed by atoms with E-state index in [1.165, 1.54) is 17.7 Å². The number of benzene rings is 3.